The second kappa shape index (κ2) is 8.53. The molecule has 2 N–H and O–H groups in total. The highest BCUT2D eigenvalue weighted by Crippen LogP contribution is 2.42. The fourth-order valence-electron chi connectivity index (χ4n) is 3.60. The number of carbonyl (C=O) groups is 1. The normalized spacial score (nSPS) is 16.0. The molecule has 0 radical (unpaired) electrons. The molecule has 6 heteroatoms. The minimum Gasteiger partial charge on any atom is -0.496 e. The molecule has 6 nitrogen and oxygen atoms in total. The Labute approximate surface area is 170 Å². The molecule has 0 saturated heterocycles. The molecule has 1 aliphatic rings. The van der Waals surface area contributed by atoms with E-state index in [9.17, 15) is 10.1 Å². The number of methoxy groups -OCH3 is 2. The fraction of sp³-hybridized carbons (Fsp3) is 0.217. The number of amides is 1. The van der Waals surface area contributed by atoms with Gasteiger partial charge in [0, 0.05) is 22.5 Å². The molecule has 1 atom stereocenters. The van der Waals surface area contributed by atoms with Gasteiger partial charge in [0.25, 0.3) is 5.91 Å². The van der Waals surface area contributed by atoms with Crippen molar-refractivity contribution in [3.05, 3.63) is 76.6 Å². The molecule has 1 heterocycles. The third-order valence-electron chi connectivity index (χ3n) is 4.93. The maximum Gasteiger partial charge on any atom is 0.254 e. The highest BCUT2D eigenvalue weighted by atomic mass is 16.5. The van der Waals surface area contributed by atoms with Gasteiger partial charge in [-0.1, -0.05) is 30.3 Å². The van der Waals surface area contributed by atoms with Crippen molar-refractivity contribution in [3.63, 3.8) is 0 Å². The van der Waals surface area contributed by atoms with Gasteiger partial charge in [-0.3, -0.25) is 4.79 Å². The first-order valence-corrected chi connectivity index (χ1v) is 9.17. The summed E-state index contributed by atoms with van der Waals surface area (Å²) in [5, 5.41) is 15.9. The van der Waals surface area contributed by atoms with Gasteiger partial charge in [0.05, 0.1) is 37.5 Å². The number of hydrogen-bond acceptors (Lipinski definition) is 5. The van der Waals surface area contributed by atoms with E-state index >= 15 is 0 Å². The second-order valence-electron chi connectivity index (χ2n) is 6.64. The number of nitrogens with one attached hydrogen (secondary N) is 2. The lowest BCUT2D eigenvalue weighted by molar-refractivity contribution is -0.113. The van der Waals surface area contributed by atoms with Crippen LogP contribution in [0, 0.1) is 11.3 Å². The van der Waals surface area contributed by atoms with Crippen molar-refractivity contribution in [1.82, 2.24) is 5.32 Å². The quantitative estimate of drug-likeness (QED) is 0.804. The largest absolute Gasteiger partial charge is 0.496 e. The van der Waals surface area contributed by atoms with E-state index in [1.54, 1.807) is 26.4 Å². The van der Waals surface area contributed by atoms with Crippen LogP contribution in [0.5, 0.6) is 11.5 Å². The number of ether oxygens (including phenoxy) is 2. The Morgan fingerprint density at radius 3 is 2.28 bits per heavy atom. The Morgan fingerprint density at radius 2 is 1.62 bits per heavy atom. The van der Waals surface area contributed by atoms with Crippen LogP contribution in [-0.4, -0.2) is 20.1 Å². The van der Waals surface area contributed by atoms with Crippen LogP contribution < -0.4 is 20.1 Å². The monoisotopic (exact) mass is 389 g/mol. The van der Waals surface area contributed by atoms with E-state index in [0.29, 0.717) is 34.0 Å². The number of allylic oxidation sites excluding steroid dienone is 3. The summed E-state index contributed by atoms with van der Waals surface area (Å²) in [6.07, 6.45) is 0. The van der Waals surface area contributed by atoms with Gasteiger partial charge in [0.2, 0.25) is 0 Å². The number of rotatable bonds is 5. The molecule has 0 fully saturated rings. The Bertz CT molecular complexity index is 1050. The molecule has 3 rings (SSSR count). The van der Waals surface area contributed by atoms with Gasteiger partial charge >= 0.3 is 0 Å². The van der Waals surface area contributed by atoms with E-state index in [4.69, 9.17) is 9.47 Å². The van der Waals surface area contributed by atoms with Gasteiger partial charge < -0.3 is 20.1 Å². The van der Waals surface area contributed by atoms with Crippen molar-refractivity contribution in [2.75, 3.05) is 19.5 Å². The molecule has 1 unspecified atom stereocenters. The predicted molar refractivity (Wildman–Crippen MR) is 112 cm³/mol. The van der Waals surface area contributed by atoms with Crippen LogP contribution in [0.25, 0.3) is 0 Å². The molecule has 0 spiro atoms. The van der Waals surface area contributed by atoms with Gasteiger partial charge in [-0.2, -0.15) is 5.26 Å². The number of dihydropyridines is 1. The van der Waals surface area contributed by atoms with E-state index in [0.717, 1.165) is 11.3 Å². The number of carbonyl (C=O) groups excluding carboxylic acids is 1. The van der Waals surface area contributed by atoms with Crippen LogP contribution in [-0.2, 0) is 4.79 Å². The van der Waals surface area contributed by atoms with E-state index < -0.39 is 5.92 Å². The molecule has 1 aliphatic heterocycles. The third kappa shape index (κ3) is 3.81. The summed E-state index contributed by atoms with van der Waals surface area (Å²) in [7, 11) is 3.13. The zero-order valence-electron chi connectivity index (χ0n) is 16.9. The number of nitrogens with zero attached hydrogens (tertiary/aromatic N) is 1. The van der Waals surface area contributed by atoms with Crippen LogP contribution in [0.15, 0.2) is 71.1 Å². The summed E-state index contributed by atoms with van der Waals surface area (Å²) in [4.78, 5) is 13.4. The summed E-state index contributed by atoms with van der Waals surface area (Å²) in [5.41, 5.74) is 3.66. The Kier molecular flexibility index (Phi) is 5.89. The van der Waals surface area contributed by atoms with Crippen LogP contribution in [0.2, 0.25) is 0 Å². The van der Waals surface area contributed by atoms with E-state index in [2.05, 4.69) is 16.7 Å². The minimum atomic E-state index is -0.549. The smallest absolute Gasteiger partial charge is 0.254 e. The first-order valence-electron chi connectivity index (χ1n) is 9.17. The second-order valence-corrected chi connectivity index (χ2v) is 6.64. The molecule has 2 aromatic rings. The van der Waals surface area contributed by atoms with Crippen molar-refractivity contribution in [2.45, 2.75) is 19.8 Å². The summed E-state index contributed by atoms with van der Waals surface area (Å²) >= 11 is 0. The number of hydrogen-bond donors (Lipinski definition) is 2. The average Bonchev–Trinajstić information content (AvgIpc) is 2.73. The molecule has 148 valence electrons. The van der Waals surface area contributed by atoms with Crippen molar-refractivity contribution in [2.24, 2.45) is 0 Å². The molecule has 0 aromatic heterocycles. The summed E-state index contributed by atoms with van der Waals surface area (Å²) in [6.45, 7) is 3.66. The lowest BCUT2D eigenvalue weighted by atomic mass is 9.80. The summed E-state index contributed by atoms with van der Waals surface area (Å²) in [6, 6.07) is 16.9. The first kappa shape index (κ1) is 20.0. The molecule has 0 bridgehead atoms. The van der Waals surface area contributed by atoms with E-state index in [1.807, 2.05) is 50.2 Å². The lowest BCUT2D eigenvalue weighted by Crippen LogP contribution is -2.30. The summed E-state index contributed by atoms with van der Waals surface area (Å²) < 4.78 is 10.9. The van der Waals surface area contributed by atoms with Crippen molar-refractivity contribution < 1.29 is 14.3 Å². The number of anilines is 1. The van der Waals surface area contributed by atoms with Crippen LogP contribution in [0.4, 0.5) is 5.69 Å². The van der Waals surface area contributed by atoms with Gasteiger partial charge in [-0.25, -0.2) is 0 Å². The maximum atomic E-state index is 13.4. The number of nitriles is 1. The molecule has 2 aromatic carbocycles. The van der Waals surface area contributed by atoms with Crippen molar-refractivity contribution >= 4 is 11.6 Å². The third-order valence-corrected chi connectivity index (χ3v) is 4.93. The van der Waals surface area contributed by atoms with Gasteiger partial charge in [-0.15, -0.1) is 0 Å². The highest BCUT2D eigenvalue weighted by molar-refractivity contribution is 6.07. The molecule has 29 heavy (non-hydrogen) atoms. The Balaban J connectivity index is 2.10. The topological polar surface area (TPSA) is 83.4 Å². The minimum absolute atomic E-state index is 0.310. The van der Waals surface area contributed by atoms with E-state index in [1.165, 1.54) is 0 Å². The zero-order valence-corrected chi connectivity index (χ0v) is 16.9. The van der Waals surface area contributed by atoms with Crippen molar-refractivity contribution in [1.29, 1.82) is 5.26 Å². The maximum absolute atomic E-state index is 13.4. The molecular formula is C23H23N3O3. The standard InChI is InChI=1S/C23H23N3O3/c1-14-17(13-24)22(16-9-5-7-11-19(16)28-3)21(15(2)25-14)23(27)26-18-10-6-8-12-20(18)29-4/h5-12,22,25H,1-4H3,(H,26,27). The number of para-hydroxylation sites is 3. The van der Waals surface area contributed by atoms with Crippen LogP contribution in [0.3, 0.4) is 0 Å². The Morgan fingerprint density at radius 1 is 1.00 bits per heavy atom. The number of benzene rings is 2. The SMILES string of the molecule is COc1ccccc1NC(=O)C1=C(C)NC(C)=C(C#N)C1c1ccccc1OC. The Hall–Kier alpha value is -3.72. The first-order chi connectivity index (χ1) is 14.0. The van der Waals surface area contributed by atoms with Gasteiger partial charge in [0.1, 0.15) is 11.5 Å². The molecule has 1 amide bonds. The molecular weight excluding hydrogens is 366 g/mol. The van der Waals surface area contributed by atoms with Gasteiger partial charge in [-0.05, 0) is 32.0 Å². The van der Waals surface area contributed by atoms with E-state index in [-0.39, 0.29) is 5.91 Å². The van der Waals surface area contributed by atoms with Crippen molar-refractivity contribution in [3.8, 4) is 17.6 Å². The summed E-state index contributed by atoms with van der Waals surface area (Å²) in [5.74, 6) is 0.321. The highest BCUT2D eigenvalue weighted by Gasteiger charge is 2.35. The van der Waals surface area contributed by atoms with Crippen LogP contribution in [0.1, 0.15) is 25.3 Å². The van der Waals surface area contributed by atoms with Gasteiger partial charge in [0.15, 0.2) is 0 Å². The molecule has 0 saturated carbocycles. The van der Waals surface area contributed by atoms with Crippen LogP contribution >= 0.6 is 0 Å². The predicted octanol–water partition coefficient (Wildman–Crippen LogP) is 4.10. The molecule has 0 aliphatic carbocycles. The average molecular weight is 389 g/mol. The fourth-order valence-corrected chi connectivity index (χ4v) is 3.60. The lowest BCUT2D eigenvalue weighted by Gasteiger charge is -2.30. The zero-order chi connectivity index (χ0) is 21.0.